The first-order valence-corrected chi connectivity index (χ1v) is 5.27. The fraction of sp³-hybridized carbons (Fsp3) is 1.00. The summed E-state index contributed by atoms with van der Waals surface area (Å²) < 4.78 is 0. The predicted octanol–water partition coefficient (Wildman–Crippen LogP) is 2.34. The Balaban J connectivity index is -0.000000175. The van der Waals surface area contributed by atoms with Gasteiger partial charge in [0.25, 0.3) is 0 Å². The van der Waals surface area contributed by atoms with Crippen LogP contribution >= 0.6 is 0 Å². The maximum absolute atomic E-state index is 5.34. The summed E-state index contributed by atoms with van der Waals surface area (Å²) >= 11 is 0. The van der Waals surface area contributed by atoms with Gasteiger partial charge in [-0.15, -0.1) is 0 Å². The lowest BCUT2D eigenvalue weighted by Crippen LogP contribution is -2.28. The maximum Gasteiger partial charge on any atom is 0.0104 e. The molecular weight excluding hydrogens is 148 g/mol. The van der Waals surface area contributed by atoms with Gasteiger partial charge in [0.05, 0.1) is 0 Å². The van der Waals surface area contributed by atoms with Gasteiger partial charge in [0.2, 0.25) is 0 Å². The molecule has 0 amide bonds. The van der Waals surface area contributed by atoms with E-state index in [9.17, 15) is 0 Å². The SMILES string of the molecule is CC.CC.CCN(CC)CCN. The Kier molecular flexibility index (Phi) is 33.4. The van der Waals surface area contributed by atoms with Crippen LogP contribution in [0.25, 0.3) is 0 Å². The lowest BCUT2D eigenvalue weighted by Gasteiger charge is -2.15. The molecule has 0 bridgehead atoms. The molecule has 0 atom stereocenters. The van der Waals surface area contributed by atoms with E-state index < -0.39 is 0 Å². The smallest absolute Gasteiger partial charge is 0.0104 e. The van der Waals surface area contributed by atoms with Crippen LogP contribution in [-0.4, -0.2) is 31.1 Å². The fourth-order valence-corrected chi connectivity index (χ4v) is 0.722. The van der Waals surface area contributed by atoms with E-state index in [1.54, 1.807) is 0 Å². The Bertz CT molecular complexity index is 43.1. The van der Waals surface area contributed by atoms with Gasteiger partial charge >= 0.3 is 0 Å². The van der Waals surface area contributed by atoms with Gasteiger partial charge in [0.15, 0.2) is 0 Å². The molecule has 2 N–H and O–H groups in total. The van der Waals surface area contributed by atoms with E-state index in [1.165, 1.54) is 0 Å². The summed E-state index contributed by atoms with van der Waals surface area (Å²) in [6.07, 6.45) is 0. The van der Waals surface area contributed by atoms with E-state index in [0.717, 1.165) is 26.2 Å². The van der Waals surface area contributed by atoms with Crippen molar-refractivity contribution >= 4 is 0 Å². The third-order valence-electron chi connectivity index (χ3n) is 1.34. The Hall–Kier alpha value is -0.0800. The Morgan fingerprint density at radius 1 is 0.917 bits per heavy atom. The normalized spacial score (nSPS) is 8.00. The average Bonchev–Trinajstić information content (AvgIpc) is 2.20. The molecule has 0 aliphatic carbocycles. The van der Waals surface area contributed by atoms with Gasteiger partial charge in [-0.3, -0.25) is 0 Å². The highest BCUT2D eigenvalue weighted by molar-refractivity contribution is 4.50. The number of rotatable bonds is 4. The van der Waals surface area contributed by atoms with E-state index in [1.807, 2.05) is 27.7 Å². The molecule has 0 aromatic rings. The second kappa shape index (κ2) is 22.4. The van der Waals surface area contributed by atoms with Crippen LogP contribution in [0.2, 0.25) is 0 Å². The van der Waals surface area contributed by atoms with Crippen LogP contribution in [0, 0.1) is 0 Å². The van der Waals surface area contributed by atoms with Crippen molar-refractivity contribution in [2.75, 3.05) is 26.2 Å². The van der Waals surface area contributed by atoms with Crippen molar-refractivity contribution in [1.82, 2.24) is 4.90 Å². The van der Waals surface area contributed by atoms with Gasteiger partial charge in [-0.1, -0.05) is 41.5 Å². The minimum atomic E-state index is 0.779. The summed E-state index contributed by atoms with van der Waals surface area (Å²) in [6.45, 7) is 16.4. The molecule has 2 nitrogen and oxygen atoms in total. The van der Waals surface area contributed by atoms with Gasteiger partial charge in [-0.25, -0.2) is 0 Å². The highest BCUT2D eigenvalue weighted by Gasteiger charge is 1.92. The number of nitrogens with zero attached hydrogens (tertiary/aromatic N) is 1. The molecule has 2 heteroatoms. The quantitative estimate of drug-likeness (QED) is 0.712. The van der Waals surface area contributed by atoms with E-state index in [4.69, 9.17) is 5.73 Å². The van der Waals surface area contributed by atoms with Crippen molar-refractivity contribution < 1.29 is 0 Å². The summed E-state index contributed by atoms with van der Waals surface area (Å²) in [6, 6.07) is 0. The summed E-state index contributed by atoms with van der Waals surface area (Å²) in [5.74, 6) is 0. The summed E-state index contributed by atoms with van der Waals surface area (Å²) in [7, 11) is 0. The standard InChI is InChI=1S/C6H16N2.2C2H6/c1-3-8(4-2)6-5-7;2*1-2/h3-7H2,1-2H3;2*1-2H3. The lowest BCUT2D eigenvalue weighted by molar-refractivity contribution is 0.312. The van der Waals surface area contributed by atoms with Crippen LogP contribution < -0.4 is 5.73 Å². The zero-order valence-electron chi connectivity index (χ0n) is 9.85. The molecule has 78 valence electrons. The van der Waals surface area contributed by atoms with Crippen molar-refractivity contribution in [3.8, 4) is 0 Å². The molecule has 0 radical (unpaired) electrons. The highest BCUT2D eigenvalue weighted by Crippen LogP contribution is 1.81. The zero-order valence-corrected chi connectivity index (χ0v) is 9.85. The van der Waals surface area contributed by atoms with Gasteiger partial charge in [-0.2, -0.15) is 0 Å². The second-order valence-corrected chi connectivity index (χ2v) is 1.82. The van der Waals surface area contributed by atoms with Gasteiger partial charge in [0.1, 0.15) is 0 Å². The largest absolute Gasteiger partial charge is 0.329 e. The number of nitrogens with two attached hydrogens (primary N) is 1. The molecule has 0 rings (SSSR count). The molecule has 0 fully saturated rings. The molecule has 0 aromatic heterocycles. The van der Waals surface area contributed by atoms with E-state index in [0.29, 0.717) is 0 Å². The molecule has 0 aliphatic heterocycles. The first kappa shape index (κ1) is 17.9. The maximum atomic E-state index is 5.34. The summed E-state index contributed by atoms with van der Waals surface area (Å²) in [5.41, 5.74) is 5.34. The minimum absolute atomic E-state index is 0.779. The van der Waals surface area contributed by atoms with E-state index in [-0.39, 0.29) is 0 Å². The van der Waals surface area contributed by atoms with Crippen LogP contribution in [0.5, 0.6) is 0 Å². The molecule has 0 heterocycles. The zero-order chi connectivity index (χ0) is 10.4. The summed E-state index contributed by atoms with van der Waals surface area (Å²) in [5, 5.41) is 0. The third kappa shape index (κ3) is 16.5. The Morgan fingerprint density at radius 3 is 1.33 bits per heavy atom. The number of hydrogen-bond donors (Lipinski definition) is 1. The highest BCUT2D eigenvalue weighted by atomic mass is 15.1. The van der Waals surface area contributed by atoms with Crippen LogP contribution in [0.4, 0.5) is 0 Å². The molecule has 12 heavy (non-hydrogen) atoms. The third-order valence-corrected chi connectivity index (χ3v) is 1.34. The molecular formula is C10H28N2. The van der Waals surface area contributed by atoms with Crippen LogP contribution in [0.3, 0.4) is 0 Å². The van der Waals surface area contributed by atoms with Crippen LogP contribution in [0.15, 0.2) is 0 Å². The van der Waals surface area contributed by atoms with Gasteiger partial charge in [-0.05, 0) is 13.1 Å². The number of hydrogen-bond acceptors (Lipinski definition) is 2. The lowest BCUT2D eigenvalue weighted by atomic mass is 10.5. The molecule has 0 saturated heterocycles. The number of likely N-dealkylation sites (N-methyl/N-ethyl adjacent to an activating group) is 1. The second-order valence-electron chi connectivity index (χ2n) is 1.82. The monoisotopic (exact) mass is 176 g/mol. The van der Waals surface area contributed by atoms with Crippen molar-refractivity contribution in [3.63, 3.8) is 0 Å². The molecule has 0 spiro atoms. The molecule has 0 aliphatic rings. The fourth-order valence-electron chi connectivity index (χ4n) is 0.722. The topological polar surface area (TPSA) is 29.3 Å². The predicted molar refractivity (Wildman–Crippen MR) is 59.5 cm³/mol. The van der Waals surface area contributed by atoms with Gasteiger partial charge < -0.3 is 10.6 Å². The van der Waals surface area contributed by atoms with Gasteiger partial charge in [0, 0.05) is 13.1 Å². The summed E-state index contributed by atoms with van der Waals surface area (Å²) in [4.78, 5) is 2.31. The van der Waals surface area contributed by atoms with Crippen molar-refractivity contribution in [2.24, 2.45) is 5.73 Å². The van der Waals surface area contributed by atoms with Crippen molar-refractivity contribution in [3.05, 3.63) is 0 Å². The first-order valence-electron chi connectivity index (χ1n) is 5.27. The van der Waals surface area contributed by atoms with Crippen LogP contribution in [-0.2, 0) is 0 Å². The Labute approximate surface area is 79.1 Å². The Morgan fingerprint density at radius 2 is 1.25 bits per heavy atom. The average molecular weight is 176 g/mol. The molecule has 0 saturated carbocycles. The van der Waals surface area contributed by atoms with E-state index in [2.05, 4.69) is 18.7 Å². The first-order chi connectivity index (χ1) is 5.85. The van der Waals surface area contributed by atoms with Crippen LogP contribution in [0.1, 0.15) is 41.5 Å². The van der Waals surface area contributed by atoms with E-state index >= 15 is 0 Å². The molecule has 0 unspecified atom stereocenters. The van der Waals surface area contributed by atoms with Crippen molar-refractivity contribution in [2.45, 2.75) is 41.5 Å². The van der Waals surface area contributed by atoms with Crippen molar-refractivity contribution in [1.29, 1.82) is 0 Å². The molecule has 0 aromatic carbocycles. The minimum Gasteiger partial charge on any atom is -0.329 e.